The van der Waals surface area contributed by atoms with E-state index in [1.54, 1.807) is 6.07 Å². The maximum atomic E-state index is 13.5. The minimum atomic E-state index is -0.429. The van der Waals surface area contributed by atoms with Gasteiger partial charge in [-0.2, -0.15) is 5.26 Å². The first-order valence-corrected chi connectivity index (χ1v) is 13.6. The second-order valence-corrected chi connectivity index (χ2v) is 9.52. The molecule has 0 saturated carbocycles. The van der Waals surface area contributed by atoms with Crippen LogP contribution in [0.1, 0.15) is 134 Å². The molecule has 0 aliphatic rings. The van der Waals surface area contributed by atoms with Crippen molar-refractivity contribution >= 4 is 0 Å². The Morgan fingerprint density at radius 3 is 1.73 bits per heavy atom. The number of unbranched alkanes of at least 4 members (excludes halogenated alkanes) is 16. The van der Waals surface area contributed by atoms with Gasteiger partial charge in [0.25, 0.3) is 0 Å². The van der Waals surface area contributed by atoms with Crippen molar-refractivity contribution in [2.75, 3.05) is 6.61 Å². The van der Waals surface area contributed by atoms with Gasteiger partial charge in [0, 0.05) is 0 Å². The molecule has 0 amide bonds. The van der Waals surface area contributed by atoms with Crippen molar-refractivity contribution in [3.8, 4) is 6.07 Å². The summed E-state index contributed by atoms with van der Waals surface area (Å²) in [5, 5.41) is 18.5. The summed E-state index contributed by atoms with van der Waals surface area (Å²) in [4.78, 5) is 0. The van der Waals surface area contributed by atoms with Gasteiger partial charge in [-0.1, -0.05) is 116 Å². The normalized spacial score (nSPS) is 12.1. The minimum absolute atomic E-state index is 0.0285. The number of ether oxygens (including phenoxy) is 1. The van der Waals surface area contributed by atoms with E-state index in [2.05, 4.69) is 6.92 Å². The number of nitrogens with zero attached hydrogens (tertiary/aromatic N) is 1. The Balaban J connectivity index is 1.91. The highest BCUT2D eigenvalue weighted by molar-refractivity contribution is 5.33. The van der Waals surface area contributed by atoms with E-state index in [1.165, 1.54) is 108 Å². The largest absolute Gasteiger partial charge is 0.394 e. The molecule has 1 N–H and O–H groups in total. The Kier molecular flexibility index (Phi) is 18.9. The number of hydrogen-bond acceptors (Lipinski definition) is 3. The molecule has 1 rings (SSSR count). The Bertz CT molecular complexity index is 629. The molecule has 0 aliphatic heterocycles. The van der Waals surface area contributed by atoms with E-state index >= 15 is 0 Å². The molecule has 0 bridgehead atoms. The van der Waals surface area contributed by atoms with Crippen LogP contribution in [0, 0.1) is 17.1 Å². The third kappa shape index (κ3) is 16.8. The molecule has 0 aromatic heterocycles. The monoisotopic (exact) mass is 461 g/mol. The van der Waals surface area contributed by atoms with E-state index in [-0.39, 0.29) is 19.3 Å². The van der Waals surface area contributed by atoms with E-state index in [0.29, 0.717) is 11.1 Å². The average Bonchev–Trinajstić information content (AvgIpc) is 2.82. The number of benzene rings is 1. The smallest absolute Gasteiger partial charge is 0.124 e. The van der Waals surface area contributed by atoms with Crippen LogP contribution in [0.25, 0.3) is 0 Å². The lowest BCUT2D eigenvalue weighted by Crippen LogP contribution is -2.17. The minimum Gasteiger partial charge on any atom is -0.394 e. The van der Waals surface area contributed by atoms with E-state index in [1.807, 2.05) is 6.07 Å². The predicted molar refractivity (Wildman–Crippen MR) is 136 cm³/mol. The topological polar surface area (TPSA) is 53.2 Å². The second kappa shape index (κ2) is 21.1. The van der Waals surface area contributed by atoms with Crippen LogP contribution in [0.2, 0.25) is 0 Å². The fraction of sp³-hybridized carbons (Fsp3) is 0.759. The molecule has 0 aliphatic carbocycles. The summed E-state index contributed by atoms with van der Waals surface area (Å²) in [6.45, 7) is 2.47. The first kappa shape index (κ1) is 29.6. The summed E-state index contributed by atoms with van der Waals surface area (Å²) in [7, 11) is 0. The molecule has 0 fully saturated rings. The van der Waals surface area contributed by atoms with Crippen LogP contribution in [0.3, 0.4) is 0 Å². The molecule has 0 radical (unpaired) electrons. The van der Waals surface area contributed by atoms with E-state index in [4.69, 9.17) is 10.00 Å². The Morgan fingerprint density at radius 2 is 1.27 bits per heavy atom. The van der Waals surface area contributed by atoms with Crippen molar-refractivity contribution in [3.63, 3.8) is 0 Å². The first-order chi connectivity index (χ1) is 16.2. The van der Waals surface area contributed by atoms with Gasteiger partial charge in [-0.3, -0.25) is 0 Å². The second-order valence-electron chi connectivity index (χ2n) is 9.52. The van der Waals surface area contributed by atoms with Crippen molar-refractivity contribution in [2.24, 2.45) is 0 Å². The molecular formula is C29H48FNO2. The van der Waals surface area contributed by atoms with Crippen molar-refractivity contribution in [1.29, 1.82) is 5.26 Å². The maximum Gasteiger partial charge on any atom is 0.124 e. The zero-order chi connectivity index (χ0) is 24.0. The zero-order valence-corrected chi connectivity index (χ0v) is 21.1. The summed E-state index contributed by atoms with van der Waals surface area (Å²) in [6.07, 6.45) is 23.5. The summed E-state index contributed by atoms with van der Waals surface area (Å²) < 4.78 is 19.2. The lowest BCUT2D eigenvalue weighted by Gasteiger charge is -2.15. The van der Waals surface area contributed by atoms with Gasteiger partial charge in [-0.05, 0) is 30.2 Å². The van der Waals surface area contributed by atoms with Crippen LogP contribution in [0.5, 0.6) is 0 Å². The number of rotatable bonds is 22. The molecular weight excluding hydrogens is 413 g/mol. The van der Waals surface area contributed by atoms with Gasteiger partial charge in [-0.25, -0.2) is 4.39 Å². The molecule has 0 unspecified atom stereocenters. The number of aliphatic hydroxyl groups excluding tert-OH is 1. The van der Waals surface area contributed by atoms with Crippen LogP contribution >= 0.6 is 0 Å². The summed E-state index contributed by atoms with van der Waals surface area (Å²) in [5.41, 5.74) is 0.926. The summed E-state index contributed by atoms with van der Waals surface area (Å²) in [5.74, 6) is -0.429. The van der Waals surface area contributed by atoms with Gasteiger partial charge in [0.2, 0.25) is 0 Å². The zero-order valence-electron chi connectivity index (χ0n) is 21.1. The van der Waals surface area contributed by atoms with Gasteiger partial charge < -0.3 is 9.84 Å². The van der Waals surface area contributed by atoms with Gasteiger partial charge in [0.1, 0.15) is 5.82 Å². The molecule has 3 nitrogen and oxygen atoms in total. The summed E-state index contributed by atoms with van der Waals surface area (Å²) >= 11 is 0. The third-order valence-electron chi connectivity index (χ3n) is 6.41. The van der Waals surface area contributed by atoms with Crippen molar-refractivity contribution in [2.45, 2.75) is 135 Å². The number of nitriles is 1. The van der Waals surface area contributed by atoms with Gasteiger partial charge in [0.15, 0.2) is 0 Å². The fourth-order valence-electron chi connectivity index (χ4n) is 4.34. The van der Waals surface area contributed by atoms with E-state index in [9.17, 15) is 9.50 Å². The van der Waals surface area contributed by atoms with Gasteiger partial charge in [0.05, 0.1) is 31.0 Å². The standard InChI is InChI=1S/C29H48FNO2/c1-2-3-4-5-6-7-8-9-10-11-12-13-14-15-16-17-18-19-29(24-32)33-25-27-20-26(23-31)21-28(30)22-27/h20-22,29,32H,2-19,24-25H2,1H3/t29-/m0/s1. The molecule has 1 atom stereocenters. The molecule has 1 aromatic carbocycles. The highest BCUT2D eigenvalue weighted by Gasteiger charge is 2.09. The van der Waals surface area contributed by atoms with Gasteiger partial charge >= 0.3 is 0 Å². The van der Waals surface area contributed by atoms with Gasteiger partial charge in [-0.15, -0.1) is 0 Å². The lowest BCUT2D eigenvalue weighted by molar-refractivity contribution is -0.00357. The molecule has 33 heavy (non-hydrogen) atoms. The molecule has 0 saturated heterocycles. The van der Waals surface area contributed by atoms with Crippen molar-refractivity contribution in [3.05, 3.63) is 35.1 Å². The SMILES string of the molecule is CCCCCCCCCCCCCCCCCCC[C@@H](CO)OCc1cc(F)cc(C#N)c1. The fourth-order valence-corrected chi connectivity index (χ4v) is 4.34. The first-order valence-electron chi connectivity index (χ1n) is 13.6. The van der Waals surface area contributed by atoms with Crippen LogP contribution in [0.4, 0.5) is 4.39 Å². The van der Waals surface area contributed by atoms with Crippen molar-refractivity contribution in [1.82, 2.24) is 0 Å². The average molecular weight is 462 g/mol. The highest BCUT2D eigenvalue weighted by atomic mass is 19.1. The molecule has 0 heterocycles. The highest BCUT2D eigenvalue weighted by Crippen LogP contribution is 2.16. The Morgan fingerprint density at radius 1 is 0.788 bits per heavy atom. The maximum absolute atomic E-state index is 13.5. The number of halogens is 1. The molecule has 4 heteroatoms. The Hall–Kier alpha value is -1.44. The Labute approximate surface area is 202 Å². The number of hydrogen-bond donors (Lipinski definition) is 1. The van der Waals surface area contributed by atoms with E-state index < -0.39 is 5.82 Å². The van der Waals surface area contributed by atoms with Crippen LogP contribution in [-0.4, -0.2) is 17.8 Å². The quantitative estimate of drug-likeness (QED) is 0.176. The summed E-state index contributed by atoms with van der Waals surface area (Å²) in [6, 6.07) is 6.18. The third-order valence-corrected chi connectivity index (χ3v) is 6.41. The predicted octanol–water partition coefficient (Wildman–Crippen LogP) is 8.62. The number of aliphatic hydroxyl groups is 1. The van der Waals surface area contributed by atoms with Crippen LogP contribution in [-0.2, 0) is 11.3 Å². The van der Waals surface area contributed by atoms with Crippen molar-refractivity contribution < 1.29 is 14.2 Å². The lowest BCUT2D eigenvalue weighted by atomic mass is 10.0. The molecule has 188 valence electrons. The van der Waals surface area contributed by atoms with Crippen LogP contribution < -0.4 is 0 Å². The van der Waals surface area contributed by atoms with E-state index in [0.717, 1.165) is 19.3 Å². The van der Waals surface area contributed by atoms with Crippen LogP contribution in [0.15, 0.2) is 18.2 Å². The molecule has 1 aromatic rings. The molecule has 0 spiro atoms.